The van der Waals surface area contributed by atoms with E-state index in [0.29, 0.717) is 32.6 Å². The van der Waals surface area contributed by atoms with Crippen LogP contribution in [0.3, 0.4) is 0 Å². The number of anilines is 1. The molecule has 0 atom stereocenters. The first kappa shape index (κ1) is 24.6. The molecule has 1 aliphatic heterocycles. The second-order valence-corrected chi connectivity index (χ2v) is 9.17. The molecule has 2 aromatic carbocycles. The Kier molecular flexibility index (Phi) is 8.27. The summed E-state index contributed by atoms with van der Waals surface area (Å²) in [5.74, 6) is 0.117. The molecule has 4 rings (SSSR count). The maximum atomic E-state index is 13.6. The van der Waals surface area contributed by atoms with Gasteiger partial charge in [0.05, 0.1) is 12.1 Å². The van der Waals surface area contributed by atoms with Crippen LogP contribution in [-0.2, 0) is 29.1 Å². The van der Waals surface area contributed by atoms with Crippen molar-refractivity contribution in [2.75, 3.05) is 31.1 Å². The van der Waals surface area contributed by atoms with Gasteiger partial charge in [-0.3, -0.25) is 19.5 Å². The summed E-state index contributed by atoms with van der Waals surface area (Å²) in [5.41, 5.74) is 5.08. The minimum atomic E-state index is 0.0192. The summed E-state index contributed by atoms with van der Waals surface area (Å²) in [6, 6.07) is 22.0. The number of carbonyl (C=O) groups is 2. The molecule has 0 N–H and O–H groups in total. The second kappa shape index (κ2) is 11.8. The summed E-state index contributed by atoms with van der Waals surface area (Å²) >= 11 is 0. The average molecular weight is 471 g/mol. The Morgan fingerprint density at radius 2 is 1.66 bits per heavy atom. The number of amides is 2. The summed E-state index contributed by atoms with van der Waals surface area (Å²) < 4.78 is 0. The lowest BCUT2D eigenvalue weighted by atomic mass is 10.0. The number of benzene rings is 2. The first-order chi connectivity index (χ1) is 17.0. The Morgan fingerprint density at radius 1 is 0.886 bits per heavy atom. The Labute approximate surface area is 208 Å². The van der Waals surface area contributed by atoms with Crippen molar-refractivity contribution in [2.24, 2.45) is 0 Å². The van der Waals surface area contributed by atoms with E-state index in [-0.39, 0.29) is 11.8 Å². The molecular weight excluding hydrogens is 436 g/mol. The van der Waals surface area contributed by atoms with Crippen molar-refractivity contribution in [3.05, 3.63) is 95.3 Å². The third kappa shape index (κ3) is 6.55. The van der Waals surface area contributed by atoms with Gasteiger partial charge in [-0.25, -0.2) is 0 Å². The molecule has 0 spiro atoms. The van der Waals surface area contributed by atoms with E-state index in [9.17, 15) is 9.59 Å². The highest BCUT2D eigenvalue weighted by atomic mass is 16.2. The van der Waals surface area contributed by atoms with Crippen molar-refractivity contribution in [3.8, 4) is 0 Å². The number of aromatic nitrogens is 1. The van der Waals surface area contributed by atoms with Gasteiger partial charge in [-0.15, -0.1) is 0 Å². The molecule has 6 nitrogen and oxygen atoms in total. The van der Waals surface area contributed by atoms with Crippen LogP contribution >= 0.6 is 0 Å². The molecule has 2 amide bonds. The number of para-hydroxylation sites is 1. The number of pyridine rings is 1. The Hall–Kier alpha value is -3.51. The number of rotatable bonds is 4. The summed E-state index contributed by atoms with van der Waals surface area (Å²) in [4.78, 5) is 36.8. The van der Waals surface area contributed by atoms with Gasteiger partial charge in [-0.2, -0.15) is 0 Å². The van der Waals surface area contributed by atoms with E-state index < -0.39 is 0 Å². The summed E-state index contributed by atoms with van der Waals surface area (Å²) in [6.07, 6.45) is 3.03. The highest BCUT2D eigenvalue weighted by Crippen LogP contribution is 2.24. The summed E-state index contributed by atoms with van der Waals surface area (Å²) in [5, 5.41) is 0. The third-order valence-corrected chi connectivity index (χ3v) is 6.63. The SMILES string of the molecule is CC(=O)N1CCCN(Cc2ccccn2)CCN(C(=O)Cc2ccccc2C)Cc2ccccc21. The zero-order valence-corrected chi connectivity index (χ0v) is 20.7. The van der Waals surface area contributed by atoms with Gasteiger partial charge in [0.25, 0.3) is 0 Å². The summed E-state index contributed by atoms with van der Waals surface area (Å²) in [6.45, 7) is 7.68. The van der Waals surface area contributed by atoms with Crippen LogP contribution < -0.4 is 4.90 Å². The highest BCUT2D eigenvalue weighted by molar-refractivity contribution is 5.92. The van der Waals surface area contributed by atoms with Crippen molar-refractivity contribution >= 4 is 17.5 Å². The maximum Gasteiger partial charge on any atom is 0.227 e. The first-order valence-corrected chi connectivity index (χ1v) is 12.3. The van der Waals surface area contributed by atoms with Gasteiger partial charge in [0.1, 0.15) is 0 Å². The maximum absolute atomic E-state index is 13.6. The normalized spacial score (nSPS) is 15.3. The molecule has 2 heterocycles. The van der Waals surface area contributed by atoms with Crippen LogP contribution in [0.5, 0.6) is 0 Å². The number of nitrogens with zero attached hydrogens (tertiary/aromatic N) is 4. The van der Waals surface area contributed by atoms with E-state index in [2.05, 4.69) is 9.88 Å². The van der Waals surface area contributed by atoms with Crippen LogP contribution in [0.25, 0.3) is 0 Å². The molecule has 182 valence electrons. The summed E-state index contributed by atoms with van der Waals surface area (Å²) in [7, 11) is 0. The van der Waals surface area contributed by atoms with Crippen LogP contribution in [0.2, 0.25) is 0 Å². The van der Waals surface area contributed by atoms with Gasteiger partial charge in [0.15, 0.2) is 0 Å². The lowest BCUT2D eigenvalue weighted by Gasteiger charge is -2.28. The van der Waals surface area contributed by atoms with Crippen LogP contribution in [0.15, 0.2) is 72.9 Å². The minimum absolute atomic E-state index is 0.0192. The van der Waals surface area contributed by atoms with Crippen LogP contribution in [0.1, 0.15) is 35.7 Å². The topological polar surface area (TPSA) is 56.8 Å². The number of fused-ring (bicyclic) bond motifs is 1. The quantitative estimate of drug-likeness (QED) is 0.573. The largest absolute Gasteiger partial charge is 0.337 e. The zero-order valence-electron chi connectivity index (χ0n) is 20.7. The molecule has 0 saturated heterocycles. The van der Waals surface area contributed by atoms with E-state index in [1.165, 1.54) is 0 Å². The molecule has 0 fully saturated rings. The van der Waals surface area contributed by atoms with Crippen LogP contribution in [0.4, 0.5) is 5.69 Å². The van der Waals surface area contributed by atoms with Gasteiger partial charge >= 0.3 is 0 Å². The predicted molar refractivity (Wildman–Crippen MR) is 139 cm³/mol. The van der Waals surface area contributed by atoms with Gasteiger partial charge in [0.2, 0.25) is 11.8 Å². The second-order valence-electron chi connectivity index (χ2n) is 9.17. The molecule has 35 heavy (non-hydrogen) atoms. The van der Waals surface area contributed by atoms with Crippen molar-refractivity contribution in [1.82, 2.24) is 14.8 Å². The number of aryl methyl sites for hydroxylation is 1. The molecule has 1 aromatic heterocycles. The first-order valence-electron chi connectivity index (χ1n) is 12.3. The van der Waals surface area contributed by atoms with Crippen molar-refractivity contribution in [1.29, 1.82) is 0 Å². The van der Waals surface area contributed by atoms with E-state index in [1.54, 1.807) is 6.92 Å². The monoisotopic (exact) mass is 470 g/mol. The van der Waals surface area contributed by atoms with Gasteiger partial charge < -0.3 is 9.80 Å². The molecule has 0 radical (unpaired) electrons. The fraction of sp³-hybridized carbons (Fsp3) is 0.345. The number of carbonyl (C=O) groups excluding carboxylic acids is 2. The van der Waals surface area contributed by atoms with E-state index in [4.69, 9.17) is 0 Å². The number of hydrogen-bond acceptors (Lipinski definition) is 4. The third-order valence-electron chi connectivity index (χ3n) is 6.63. The van der Waals surface area contributed by atoms with Gasteiger partial charge in [-0.05, 0) is 48.2 Å². The van der Waals surface area contributed by atoms with Gasteiger partial charge in [-0.1, -0.05) is 48.5 Å². The van der Waals surface area contributed by atoms with Crippen LogP contribution in [-0.4, -0.2) is 52.8 Å². The number of hydrogen-bond donors (Lipinski definition) is 0. The standard InChI is InChI=1S/C29H34N4O2/c1-23-10-3-4-11-25(23)20-29(35)32-19-18-31(22-27-13-7-8-15-30-27)16-9-17-33(24(2)34)28-14-6-5-12-26(28)21-32/h3-8,10-15H,9,16-22H2,1-2H3. The fourth-order valence-corrected chi connectivity index (χ4v) is 4.64. The Morgan fingerprint density at radius 3 is 2.43 bits per heavy atom. The van der Waals surface area contributed by atoms with Crippen molar-refractivity contribution in [2.45, 2.75) is 39.8 Å². The predicted octanol–water partition coefficient (Wildman–Crippen LogP) is 4.22. The van der Waals surface area contributed by atoms with E-state index in [0.717, 1.165) is 47.6 Å². The highest BCUT2D eigenvalue weighted by Gasteiger charge is 2.22. The molecule has 3 aromatic rings. The fourth-order valence-electron chi connectivity index (χ4n) is 4.64. The molecule has 0 bridgehead atoms. The smallest absolute Gasteiger partial charge is 0.227 e. The minimum Gasteiger partial charge on any atom is -0.337 e. The van der Waals surface area contributed by atoms with E-state index >= 15 is 0 Å². The molecule has 0 unspecified atom stereocenters. The molecular formula is C29H34N4O2. The molecule has 0 aliphatic carbocycles. The molecule has 1 aliphatic rings. The molecule has 0 saturated carbocycles. The lowest BCUT2D eigenvalue weighted by Crippen LogP contribution is -2.39. The van der Waals surface area contributed by atoms with E-state index in [1.807, 2.05) is 89.7 Å². The average Bonchev–Trinajstić information content (AvgIpc) is 2.89. The Balaban J connectivity index is 1.62. The lowest BCUT2D eigenvalue weighted by molar-refractivity contribution is -0.131. The molecule has 6 heteroatoms. The van der Waals surface area contributed by atoms with Crippen molar-refractivity contribution in [3.63, 3.8) is 0 Å². The zero-order chi connectivity index (χ0) is 24.6. The van der Waals surface area contributed by atoms with Gasteiger partial charge in [0, 0.05) is 58.1 Å². The van der Waals surface area contributed by atoms with Crippen molar-refractivity contribution < 1.29 is 9.59 Å². The Bertz CT molecular complexity index is 1150. The van der Waals surface area contributed by atoms with Crippen LogP contribution in [0, 0.1) is 6.92 Å².